The Morgan fingerprint density at radius 3 is 3.00 bits per heavy atom. The maximum absolute atomic E-state index is 12.3. The SMILES string of the molecule is CC1NC(=O)CCN(CC2COc3ccccc32)C1=O. The number of nitrogens with zero attached hydrogens (tertiary/aromatic N) is 1. The van der Waals surface area contributed by atoms with Crippen LogP contribution < -0.4 is 10.1 Å². The molecule has 2 amide bonds. The molecular weight excluding hydrogens is 256 g/mol. The smallest absolute Gasteiger partial charge is 0.244 e. The standard InChI is InChI=1S/C15H18N2O3/c1-10-15(19)17(7-6-14(18)16-10)8-11-9-20-13-5-3-2-4-12(11)13/h2-5,10-11H,6-9H2,1H3,(H,16,18). The van der Waals surface area contributed by atoms with Crippen LogP contribution >= 0.6 is 0 Å². The Morgan fingerprint density at radius 1 is 1.35 bits per heavy atom. The van der Waals surface area contributed by atoms with E-state index < -0.39 is 6.04 Å². The van der Waals surface area contributed by atoms with E-state index in [4.69, 9.17) is 4.74 Å². The summed E-state index contributed by atoms with van der Waals surface area (Å²) in [5.74, 6) is 1.02. The second-order valence-electron chi connectivity index (χ2n) is 5.37. The monoisotopic (exact) mass is 274 g/mol. The fourth-order valence-corrected chi connectivity index (χ4v) is 2.82. The summed E-state index contributed by atoms with van der Waals surface area (Å²) < 4.78 is 5.65. The van der Waals surface area contributed by atoms with E-state index in [9.17, 15) is 9.59 Å². The molecule has 2 aliphatic heterocycles. The third-order valence-corrected chi connectivity index (χ3v) is 3.91. The van der Waals surface area contributed by atoms with Gasteiger partial charge >= 0.3 is 0 Å². The minimum Gasteiger partial charge on any atom is -0.493 e. The Hall–Kier alpha value is -2.04. The molecule has 2 atom stereocenters. The van der Waals surface area contributed by atoms with Gasteiger partial charge in [0.25, 0.3) is 0 Å². The molecule has 1 N–H and O–H groups in total. The van der Waals surface area contributed by atoms with Crippen LogP contribution in [0.15, 0.2) is 24.3 Å². The van der Waals surface area contributed by atoms with Crippen LogP contribution in [-0.2, 0) is 9.59 Å². The average Bonchev–Trinajstić information content (AvgIpc) is 2.80. The lowest BCUT2D eigenvalue weighted by molar-refractivity contribution is -0.133. The van der Waals surface area contributed by atoms with Crippen molar-refractivity contribution in [3.8, 4) is 5.75 Å². The highest BCUT2D eigenvalue weighted by atomic mass is 16.5. The molecule has 5 heteroatoms. The van der Waals surface area contributed by atoms with Gasteiger partial charge in [-0.1, -0.05) is 18.2 Å². The summed E-state index contributed by atoms with van der Waals surface area (Å²) in [6, 6.07) is 7.49. The normalized spacial score (nSPS) is 25.8. The number of ether oxygens (including phenoxy) is 1. The predicted molar refractivity (Wildman–Crippen MR) is 73.5 cm³/mol. The van der Waals surface area contributed by atoms with E-state index in [-0.39, 0.29) is 17.7 Å². The lowest BCUT2D eigenvalue weighted by Crippen LogP contribution is -2.44. The Morgan fingerprint density at radius 2 is 2.15 bits per heavy atom. The van der Waals surface area contributed by atoms with Crippen LogP contribution in [0.1, 0.15) is 24.8 Å². The fourth-order valence-electron chi connectivity index (χ4n) is 2.82. The number of hydrogen-bond donors (Lipinski definition) is 1. The first kappa shape index (κ1) is 13.0. The predicted octanol–water partition coefficient (Wildman–Crippen LogP) is 0.900. The molecule has 0 spiro atoms. The van der Waals surface area contributed by atoms with E-state index in [0.717, 1.165) is 11.3 Å². The van der Waals surface area contributed by atoms with Gasteiger partial charge in [0.15, 0.2) is 0 Å². The van der Waals surface area contributed by atoms with Gasteiger partial charge in [0.1, 0.15) is 11.8 Å². The van der Waals surface area contributed by atoms with Crippen molar-refractivity contribution in [3.05, 3.63) is 29.8 Å². The fraction of sp³-hybridized carbons (Fsp3) is 0.467. The molecule has 1 aromatic carbocycles. The molecule has 2 heterocycles. The number of rotatable bonds is 2. The van der Waals surface area contributed by atoms with Gasteiger partial charge in [0.05, 0.1) is 6.61 Å². The largest absolute Gasteiger partial charge is 0.493 e. The number of carbonyl (C=O) groups excluding carboxylic acids is 2. The van der Waals surface area contributed by atoms with Crippen LogP contribution in [0, 0.1) is 0 Å². The van der Waals surface area contributed by atoms with Crippen LogP contribution in [0.3, 0.4) is 0 Å². The number of hydrogen-bond acceptors (Lipinski definition) is 3. The first-order chi connectivity index (χ1) is 9.65. The van der Waals surface area contributed by atoms with Gasteiger partial charge in [0.2, 0.25) is 11.8 Å². The molecule has 1 fully saturated rings. The molecule has 5 nitrogen and oxygen atoms in total. The molecule has 106 valence electrons. The summed E-state index contributed by atoms with van der Waals surface area (Å²) in [6.07, 6.45) is 0.366. The average molecular weight is 274 g/mol. The van der Waals surface area contributed by atoms with Crippen LogP contribution in [-0.4, -0.2) is 42.5 Å². The van der Waals surface area contributed by atoms with E-state index in [0.29, 0.717) is 26.1 Å². The summed E-state index contributed by atoms with van der Waals surface area (Å²) in [5.41, 5.74) is 1.15. The van der Waals surface area contributed by atoms with Crippen molar-refractivity contribution in [2.75, 3.05) is 19.7 Å². The van der Waals surface area contributed by atoms with E-state index in [1.807, 2.05) is 24.3 Å². The number of carbonyl (C=O) groups is 2. The lowest BCUT2D eigenvalue weighted by atomic mass is 10.0. The van der Waals surface area contributed by atoms with Crippen molar-refractivity contribution in [1.82, 2.24) is 10.2 Å². The Bertz CT molecular complexity index is 544. The quantitative estimate of drug-likeness (QED) is 0.871. The molecule has 1 aromatic rings. The molecule has 2 aliphatic rings. The Labute approximate surface area is 117 Å². The summed E-state index contributed by atoms with van der Waals surface area (Å²) >= 11 is 0. The highest BCUT2D eigenvalue weighted by molar-refractivity contribution is 5.89. The van der Waals surface area contributed by atoms with E-state index in [2.05, 4.69) is 5.32 Å². The highest BCUT2D eigenvalue weighted by Gasteiger charge is 2.31. The molecule has 0 saturated carbocycles. The van der Waals surface area contributed by atoms with Crippen molar-refractivity contribution in [2.24, 2.45) is 0 Å². The first-order valence-electron chi connectivity index (χ1n) is 6.95. The maximum atomic E-state index is 12.3. The highest BCUT2D eigenvalue weighted by Crippen LogP contribution is 2.34. The molecule has 0 aromatic heterocycles. The molecule has 0 aliphatic carbocycles. The van der Waals surface area contributed by atoms with Gasteiger partial charge < -0.3 is 15.0 Å². The third kappa shape index (κ3) is 2.35. The third-order valence-electron chi connectivity index (χ3n) is 3.91. The van der Waals surface area contributed by atoms with Crippen molar-refractivity contribution in [2.45, 2.75) is 25.3 Å². The molecule has 0 radical (unpaired) electrons. The molecular formula is C15H18N2O3. The first-order valence-corrected chi connectivity index (χ1v) is 6.95. The van der Waals surface area contributed by atoms with Crippen molar-refractivity contribution in [3.63, 3.8) is 0 Å². The van der Waals surface area contributed by atoms with Crippen molar-refractivity contribution in [1.29, 1.82) is 0 Å². The molecule has 3 rings (SSSR count). The second kappa shape index (κ2) is 5.15. The van der Waals surface area contributed by atoms with Crippen LogP contribution in [0.25, 0.3) is 0 Å². The number of amides is 2. The Balaban J connectivity index is 1.75. The molecule has 0 bridgehead atoms. The lowest BCUT2D eigenvalue weighted by Gasteiger charge is -2.25. The topological polar surface area (TPSA) is 58.6 Å². The zero-order valence-electron chi connectivity index (χ0n) is 11.5. The van der Waals surface area contributed by atoms with Crippen LogP contribution in [0.2, 0.25) is 0 Å². The van der Waals surface area contributed by atoms with Gasteiger partial charge in [0, 0.05) is 31.0 Å². The summed E-state index contributed by atoms with van der Waals surface area (Å²) in [4.78, 5) is 25.5. The van der Waals surface area contributed by atoms with Crippen molar-refractivity contribution < 1.29 is 14.3 Å². The second-order valence-corrected chi connectivity index (χ2v) is 5.37. The van der Waals surface area contributed by atoms with Crippen LogP contribution in [0.5, 0.6) is 5.75 Å². The number of nitrogens with one attached hydrogen (secondary N) is 1. The van der Waals surface area contributed by atoms with Gasteiger partial charge in [-0.15, -0.1) is 0 Å². The molecule has 20 heavy (non-hydrogen) atoms. The zero-order chi connectivity index (χ0) is 14.1. The van der Waals surface area contributed by atoms with Gasteiger partial charge in [-0.3, -0.25) is 9.59 Å². The van der Waals surface area contributed by atoms with E-state index >= 15 is 0 Å². The summed E-state index contributed by atoms with van der Waals surface area (Å²) in [6.45, 7) is 3.42. The van der Waals surface area contributed by atoms with Crippen molar-refractivity contribution >= 4 is 11.8 Å². The van der Waals surface area contributed by atoms with Crippen LogP contribution in [0.4, 0.5) is 0 Å². The number of para-hydroxylation sites is 1. The summed E-state index contributed by atoms with van der Waals surface area (Å²) in [5, 5.41) is 2.70. The zero-order valence-corrected chi connectivity index (χ0v) is 11.5. The van der Waals surface area contributed by atoms with Gasteiger partial charge in [-0.25, -0.2) is 0 Å². The van der Waals surface area contributed by atoms with E-state index in [1.54, 1.807) is 11.8 Å². The Kier molecular flexibility index (Phi) is 3.34. The maximum Gasteiger partial charge on any atom is 0.244 e. The summed E-state index contributed by atoms with van der Waals surface area (Å²) in [7, 11) is 0. The van der Waals surface area contributed by atoms with E-state index in [1.165, 1.54) is 0 Å². The van der Waals surface area contributed by atoms with Gasteiger partial charge in [-0.2, -0.15) is 0 Å². The molecule has 1 saturated heterocycles. The minimum absolute atomic E-state index is 0.0137. The molecule has 2 unspecified atom stereocenters. The number of fused-ring (bicyclic) bond motifs is 1. The number of benzene rings is 1. The minimum atomic E-state index is -0.442. The van der Waals surface area contributed by atoms with Gasteiger partial charge in [-0.05, 0) is 13.0 Å².